The SMILES string of the molecule is COC(Cc1ccc(OCCCn2c3cccnc3c3ncccc32)cc1)C(=O)O. The average Bonchev–Trinajstić information content (AvgIpc) is 3.09. The summed E-state index contributed by atoms with van der Waals surface area (Å²) in [7, 11) is 1.40. The second kappa shape index (κ2) is 8.92. The number of carbonyl (C=O) groups is 1. The summed E-state index contributed by atoms with van der Waals surface area (Å²) >= 11 is 0. The van der Waals surface area contributed by atoms with Gasteiger partial charge in [0.2, 0.25) is 0 Å². The van der Waals surface area contributed by atoms with Crippen molar-refractivity contribution in [2.75, 3.05) is 13.7 Å². The molecule has 30 heavy (non-hydrogen) atoms. The third-order valence-corrected chi connectivity index (χ3v) is 5.08. The number of aliphatic carboxylic acids is 1. The number of rotatable bonds is 9. The molecule has 1 aromatic carbocycles. The van der Waals surface area contributed by atoms with Crippen LogP contribution in [-0.2, 0) is 22.5 Å². The lowest BCUT2D eigenvalue weighted by atomic mass is 10.1. The van der Waals surface area contributed by atoms with Gasteiger partial charge in [-0.2, -0.15) is 0 Å². The lowest BCUT2D eigenvalue weighted by Crippen LogP contribution is -2.24. The van der Waals surface area contributed by atoms with Crippen molar-refractivity contribution in [1.29, 1.82) is 0 Å². The Kier molecular flexibility index (Phi) is 5.90. The molecule has 1 N–H and O–H groups in total. The molecule has 4 aromatic rings. The van der Waals surface area contributed by atoms with Gasteiger partial charge in [-0.05, 0) is 48.4 Å². The fraction of sp³-hybridized carbons (Fsp3) is 0.261. The molecule has 0 saturated carbocycles. The van der Waals surface area contributed by atoms with Gasteiger partial charge >= 0.3 is 5.97 Å². The molecule has 3 aromatic heterocycles. The van der Waals surface area contributed by atoms with Crippen LogP contribution in [0.1, 0.15) is 12.0 Å². The number of carboxylic acids is 1. The maximum atomic E-state index is 11.1. The van der Waals surface area contributed by atoms with Crippen molar-refractivity contribution >= 4 is 28.0 Å². The van der Waals surface area contributed by atoms with Crippen LogP contribution < -0.4 is 4.74 Å². The van der Waals surface area contributed by atoms with E-state index in [-0.39, 0.29) is 0 Å². The fourth-order valence-corrected chi connectivity index (χ4v) is 3.58. The minimum atomic E-state index is -0.965. The van der Waals surface area contributed by atoms with Crippen LogP contribution in [0.3, 0.4) is 0 Å². The molecule has 0 aliphatic heterocycles. The molecule has 0 bridgehead atoms. The minimum absolute atomic E-state index is 0.321. The number of aryl methyl sites for hydroxylation is 1. The monoisotopic (exact) mass is 405 g/mol. The molecule has 7 heteroatoms. The number of nitrogens with zero attached hydrogens (tertiary/aromatic N) is 3. The summed E-state index contributed by atoms with van der Waals surface area (Å²) in [6, 6.07) is 15.5. The third-order valence-electron chi connectivity index (χ3n) is 5.08. The van der Waals surface area contributed by atoms with Crippen LogP contribution >= 0.6 is 0 Å². The molecule has 154 valence electrons. The molecule has 1 atom stereocenters. The molecule has 0 fully saturated rings. The third kappa shape index (κ3) is 4.11. The summed E-state index contributed by atoms with van der Waals surface area (Å²) in [6.45, 7) is 1.36. The first-order valence-electron chi connectivity index (χ1n) is 9.82. The Bertz CT molecular complexity index is 1100. The lowest BCUT2D eigenvalue weighted by Gasteiger charge is -2.12. The number of methoxy groups -OCH3 is 1. The van der Waals surface area contributed by atoms with Crippen LogP contribution in [-0.4, -0.2) is 45.4 Å². The predicted octanol–water partition coefficient (Wildman–Crippen LogP) is 3.70. The number of hydrogen-bond acceptors (Lipinski definition) is 5. The van der Waals surface area contributed by atoms with Crippen molar-refractivity contribution in [2.45, 2.75) is 25.5 Å². The molecule has 0 spiro atoms. The van der Waals surface area contributed by atoms with E-state index >= 15 is 0 Å². The number of pyridine rings is 2. The van der Waals surface area contributed by atoms with Crippen LogP contribution in [0.5, 0.6) is 5.75 Å². The number of hydrogen-bond donors (Lipinski definition) is 1. The number of aromatic nitrogens is 3. The van der Waals surface area contributed by atoms with Crippen LogP contribution in [0, 0.1) is 0 Å². The Balaban J connectivity index is 1.37. The van der Waals surface area contributed by atoms with Gasteiger partial charge in [0, 0.05) is 32.5 Å². The molecule has 0 amide bonds. The summed E-state index contributed by atoms with van der Waals surface area (Å²) in [6.07, 6.45) is 3.89. The zero-order chi connectivity index (χ0) is 20.9. The first kappa shape index (κ1) is 19.8. The highest BCUT2D eigenvalue weighted by Gasteiger charge is 2.16. The van der Waals surface area contributed by atoms with Gasteiger partial charge in [-0.25, -0.2) is 4.79 Å². The zero-order valence-electron chi connectivity index (χ0n) is 16.7. The quantitative estimate of drug-likeness (QED) is 0.427. The summed E-state index contributed by atoms with van der Waals surface area (Å²) in [4.78, 5) is 20.1. The largest absolute Gasteiger partial charge is 0.494 e. The standard InChI is InChI=1S/C23H23N3O4/c1-29-20(23(27)28)15-16-7-9-17(10-8-16)30-14-4-13-26-18-5-2-11-24-21(18)22-19(26)6-3-12-25-22/h2-3,5-12,20H,4,13-15H2,1H3,(H,27,28). The van der Waals surface area contributed by atoms with Crippen molar-refractivity contribution < 1.29 is 19.4 Å². The van der Waals surface area contributed by atoms with Gasteiger partial charge in [0.15, 0.2) is 6.10 Å². The van der Waals surface area contributed by atoms with E-state index in [1.807, 2.05) is 36.4 Å². The minimum Gasteiger partial charge on any atom is -0.494 e. The topological polar surface area (TPSA) is 86.5 Å². The van der Waals surface area contributed by atoms with E-state index in [0.29, 0.717) is 13.0 Å². The molecule has 1 unspecified atom stereocenters. The van der Waals surface area contributed by atoms with Gasteiger partial charge in [0.05, 0.1) is 17.6 Å². The van der Waals surface area contributed by atoms with Gasteiger partial charge in [0.25, 0.3) is 0 Å². The molecule has 0 saturated heterocycles. The van der Waals surface area contributed by atoms with Gasteiger partial charge in [-0.1, -0.05) is 12.1 Å². The van der Waals surface area contributed by atoms with Gasteiger partial charge in [-0.15, -0.1) is 0 Å². The van der Waals surface area contributed by atoms with E-state index in [9.17, 15) is 4.79 Å². The van der Waals surface area contributed by atoms with E-state index < -0.39 is 12.1 Å². The molecule has 7 nitrogen and oxygen atoms in total. The Hall–Kier alpha value is -3.45. The molecule has 4 rings (SSSR count). The smallest absolute Gasteiger partial charge is 0.333 e. The second-order valence-electron chi connectivity index (χ2n) is 7.01. The van der Waals surface area contributed by atoms with Crippen molar-refractivity contribution in [3.05, 3.63) is 66.5 Å². The highest BCUT2D eigenvalue weighted by molar-refractivity contribution is 6.02. The molecule has 0 radical (unpaired) electrons. The van der Waals surface area contributed by atoms with Crippen molar-refractivity contribution in [3.63, 3.8) is 0 Å². The highest BCUT2D eigenvalue weighted by Crippen LogP contribution is 2.25. The van der Waals surface area contributed by atoms with Gasteiger partial charge < -0.3 is 19.1 Å². The van der Waals surface area contributed by atoms with Gasteiger partial charge in [0.1, 0.15) is 16.8 Å². The molecular weight excluding hydrogens is 382 g/mol. The van der Waals surface area contributed by atoms with E-state index in [2.05, 4.69) is 26.7 Å². The van der Waals surface area contributed by atoms with E-state index in [4.69, 9.17) is 14.6 Å². The molecule has 3 heterocycles. The Morgan fingerprint density at radius 2 is 1.67 bits per heavy atom. The van der Waals surface area contributed by atoms with Crippen molar-refractivity contribution in [1.82, 2.24) is 14.5 Å². The zero-order valence-corrected chi connectivity index (χ0v) is 16.7. The Morgan fingerprint density at radius 1 is 1.03 bits per heavy atom. The van der Waals surface area contributed by atoms with Crippen LogP contribution in [0.15, 0.2) is 60.9 Å². The number of ether oxygens (including phenoxy) is 2. The maximum absolute atomic E-state index is 11.1. The molecular formula is C23H23N3O4. The number of fused-ring (bicyclic) bond motifs is 3. The first-order chi connectivity index (χ1) is 14.7. The number of benzene rings is 1. The molecule has 0 aliphatic carbocycles. The normalized spacial score (nSPS) is 12.3. The number of carboxylic acid groups (broad SMARTS) is 1. The summed E-state index contributed by atoms with van der Waals surface area (Å²) in [5.41, 5.74) is 4.87. The van der Waals surface area contributed by atoms with Crippen molar-refractivity contribution in [3.8, 4) is 5.75 Å². The predicted molar refractivity (Wildman–Crippen MR) is 114 cm³/mol. The van der Waals surface area contributed by atoms with Gasteiger partial charge in [-0.3, -0.25) is 9.97 Å². The summed E-state index contributed by atoms with van der Waals surface area (Å²) < 4.78 is 13.1. The first-order valence-corrected chi connectivity index (χ1v) is 9.82. The Labute approximate surface area is 173 Å². The fourth-order valence-electron chi connectivity index (χ4n) is 3.58. The van der Waals surface area contributed by atoms with E-state index in [1.54, 1.807) is 12.4 Å². The maximum Gasteiger partial charge on any atom is 0.333 e. The molecule has 0 aliphatic rings. The highest BCUT2D eigenvalue weighted by atomic mass is 16.5. The second-order valence-corrected chi connectivity index (χ2v) is 7.01. The lowest BCUT2D eigenvalue weighted by molar-refractivity contribution is -0.148. The Morgan fingerprint density at radius 3 is 2.23 bits per heavy atom. The van der Waals surface area contributed by atoms with E-state index in [0.717, 1.165) is 46.3 Å². The van der Waals surface area contributed by atoms with Crippen LogP contribution in [0.2, 0.25) is 0 Å². The average molecular weight is 405 g/mol. The summed E-state index contributed by atoms with van der Waals surface area (Å²) in [5, 5.41) is 9.08. The van der Waals surface area contributed by atoms with E-state index in [1.165, 1.54) is 7.11 Å². The van der Waals surface area contributed by atoms with Crippen LogP contribution in [0.25, 0.3) is 22.1 Å². The van der Waals surface area contributed by atoms with Crippen LogP contribution in [0.4, 0.5) is 0 Å². The van der Waals surface area contributed by atoms with Crippen molar-refractivity contribution in [2.24, 2.45) is 0 Å². The summed E-state index contributed by atoms with van der Waals surface area (Å²) in [5.74, 6) is -0.207.